The highest BCUT2D eigenvalue weighted by atomic mass is 16.6. The van der Waals surface area contributed by atoms with Crippen molar-refractivity contribution in [3.8, 4) is 0 Å². The number of ether oxygens (including phenoxy) is 3. The summed E-state index contributed by atoms with van der Waals surface area (Å²) in [5.74, 6) is -0.864. The quantitative estimate of drug-likeness (QED) is 0.0261. The van der Waals surface area contributed by atoms with Gasteiger partial charge in [0.25, 0.3) is 0 Å². The molecule has 0 spiro atoms. The monoisotopic (exact) mass is 1020 g/mol. The summed E-state index contributed by atoms with van der Waals surface area (Å²) in [6.07, 6.45) is 75.8. The standard InChI is InChI=1S/C67H124O6/c1-4-7-10-13-16-19-22-25-28-30-32-33-35-37-40-42-45-48-51-54-57-60-66(69)72-63-64(73-67(70)61-58-55-52-49-46-43-38-27-24-21-18-15-12-9-6-3)62-71-65(68)59-56-53-50-47-44-41-39-36-34-31-29-26-23-20-17-14-11-8-5-2/h18,21,25,27-28,38,64H,4-17,19-20,22-24,26,29-37,39-63H2,1-3H3/b21-18-,28-25-,38-27-/t64-/m0/s1. The van der Waals surface area contributed by atoms with E-state index in [2.05, 4.69) is 57.2 Å². The van der Waals surface area contributed by atoms with Gasteiger partial charge in [0.15, 0.2) is 6.10 Å². The van der Waals surface area contributed by atoms with Crippen LogP contribution in [0.4, 0.5) is 0 Å². The van der Waals surface area contributed by atoms with E-state index >= 15 is 0 Å². The Morgan fingerprint density at radius 1 is 0.274 bits per heavy atom. The molecule has 0 aliphatic rings. The van der Waals surface area contributed by atoms with Gasteiger partial charge in [0.1, 0.15) is 13.2 Å². The number of rotatable bonds is 60. The maximum atomic E-state index is 12.9. The molecule has 0 aromatic carbocycles. The minimum absolute atomic E-state index is 0.0736. The molecule has 0 rings (SSSR count). The third kappa shape index (κ3) is 60.4. The molecular weight excluding hydrogens is 901 g/mol. The maximum absolute atomic E-state index is 12.9. The second kappa shape index (κ2) is 62.2. The van der Waals surface area contributed by atoms with E-state index in [9.17, 15) is 14.4 Å². The first kappa shape index (κ1) is 70.6. The molecule has 0 amide bonds. The first-order chi connectivity index (χ1) is 36.0. The fourth-order valence-electron chi connectivity index (χ4n) is 9.71. The molecule has 428 valence electrons. The molecule has 0 bridgehead atoms. The number of carbonyl (C=O) groups excluding carboxylic acids is 3. The van der Waals surface area contributed by atoms with Crippen molar-refractivity contribution in [3.63, 3.8) is 0 Å². The zero-order chi connectivity index (χ0) is 52.9. The van der Waals surface area contributed by atoms with Crippen molar-refractivity contribution < 1.29 is 28.6 Å². The van der Waals surface area contributed by atoms with Crippen molar-refractivity contribution >= 4 is 17.9 Å². The summed E-state index contributed by atoms with van der Waals surface area (Å²) in [7, 11) is 0. The maximum Gasteiger partial charge on any atom is 0.306 e. The SMILES string of the molecule is CCCCC/C=C\C/C=C\CCCCCCCC(=O)O[C@H](COC(=O)CCCCCCCCCCCCC/C=C\CCCCCCCC)COC(=O)CCCCCCCCCCCCCCCCCCCCC. The molecular formula is C67H124O6. The van der Waals surface area contributed by atoms with Gasteiger partial charge in [-0.3, -0.25) is 14.4 Å². The second-order valence-corrected chi connectivity index (χ2v) is 22.0. The van der Waals surface area contributed by atoms with Gasteiger partial charge in [-0.1, -0.05) is 295 Å². The highest BCUT2D eigenvalue weighted by Crippen LogP contribution is 2.17. The van der Waals surface area contributed by atoms with Gasteiger partial charge in [0.2, 0.25) is 0 Å². The molecule has 0 aromatic rings. The first-order valence-electron chi connectivity index (χ1n) is 32.5. The highest BCUT2D eigenvalue weighted by Gasteiger charge is 2.19. The molecule has 0 N–H and O–H groups in total. The molecule has 1 atom stereocenters. The number of hydrogen-bond acceptors (Lipinski definition) is 6. The van der Waals surface area contributed by atoms with Crippen LogP contribution in [0.5, 0.6) is 0 Å². The lowest BCUT2D eigenvalue weighted by Gasteiger charge is -2.18. The third-order valence-electron chi connectivity index (χ3n) is 14.6. The summed E-state index contributed by atoms with van der Waals surface area (Å²) in [4.78, 5) is 38.3. The summed E-state index contributed by atoms with van der Waals surface area (Å²) >= 11 is 0. The average Bonchev–Trinajstić information content (AvgIpc) is 3.39. The smallest absolute Gasteiger partial charge is 0.306 e. The van der Waals surface area contributed by atoms with Crippen LogP contribution in [0.2, 0.25) is 0 Å². The Bertz CT molecular complexity index is 1220. The van der Waals surface area contributed by atoms with E-state index in [0.29, 0.717) is 19.3 Å². The molecule has 0 aliphatic heterocycles. The van der Waals surface area contributed by atoms with Gasteiger partial charge in [-0.25, -0.2) is 0 Å². The van der Waals surface area contributed by atoms with Gasteiger partial charge in [-0.05, 0) is 77.0 Å². The van der Waals surface area contributed by atoms with Gasteiger partial charge in [-0.2, -0.15) is 0 Å². The predicted octanol–water partition coefficient (Wildman–Crippen LogP) is 22.0. The van der Waals surface area contributed by atoms with Crippen LogP contribution in [-0.4, -0.2) is 37.2 Å². The highest BCUT2D eigenvalue weighted by molar-refractivity contribution is 5.71. The molecule has 0 heterocycles. The van der Waals surface area contributed by atoms with Crippen LogP contribution < -0.4 is 0 Å². The first-order valence-corrected chi connectivity index (χ1v) is 32.5. The molecule has 73 heavy (non-hydrogen) atoms. The van der Waals surface area contributed by atoms with Gasteiger partial charge >= 0.3 is 17.9 Å². The third-order valence-corrected chi connectivity index (χ3v) is 14.6. The average molecular weight is 1030 g/mol. The Morgan fingerprint density at radius 3 is 0.795 bits per heavy atom. The van der Waals surface area contributed by atoms with E-state index in [4.69, 9.17) is 14.2 Å². The van der Waals surface area contributed by atoms with Crippen molar-refractivity contribution in [2.24, 2.45) is 0 Å². The summed E-state index contributed by atoms with van der Waals surface area (Å²) in [6, 6.07) is 0. The topological polar surface area (TPSA) is 78.9 Å². The molecule has 0 radical (unpaired) electrons. The summed E-state index contributed by atoms with van der Waals surface area (Å²) in [6.45, 7) is 6.66. The fraction of sp³-hybridized carbons (Fsp3) is 0.866. The second-order valence-electron chi connectivity index (χ2n) is 22.0. The fourth-order valence-corrected chi connectivity index (χ4v) is 9.71. The predicted molar refractivity (Wildman–Crippen MR) is 316 cm³/mol. The lowest BCUT2D eigenvalue weighted by Crippen LogP contribution is -2.30. The van der Waals surface area contributed by atoms with Crippen LogP contribution in [0, 0.1) is 0 Å². The van der Waals surface area contributed by atoms with Gasteiger partial charge in [0, 0.05) is 19.3 Å². The zero-order valence-corrected chi connectivity index (χ0v) is 49.2. The number of carbonyl (C=O) groups is 3. The van der Waals surface area contributed by atoms with E-state index in [1.54, 1.807) is 0 Å². The molecule has 6 nitrogen and oxygen atoms in total. The minimum atomic E-state index is -0.778. The molecule has 0 saturated heterocycles. The van der Waals surface area contributed by atoms with Crippen LogP contribution in [-0.2, 0) is 28.6 Å². The van der Waals surface area contributed by atoms with Crippen LogP contribution >= 0.6 is 0 Å². The molecule has 0 aliphatic carbocycles. The molecule has 0 unspecified atom stereocenters. The zero-order valence-electron chi connectivity index (χ0n) is 49.2. The number of unbranched alkanes of at least 4 members (excludes halogenated alkanes) is 43. The normalized spacial score (nSPS) is 12.2. The summed E-state index contributed by atoms with van der Waals surface area (Å²) < 4.78 is 16.9. The Morgan fingerprint density at radius 2 is 0.493 bits per heavy atom. The number of esters is 3. The summed E-state index contributed by atoms with van der Waals surface area (Å²) in [5, 5.41) is 0. The largest absolute Gasteiger partial charge is 0.462 e. The Kier molecular flexibility index (Phi) is 60.2. The molecule has 0 fully saturated rings. The minimum Gasteiger partial charge on any atom is -0.462 e. The van der Waals surface area contributed by atoms with Crippen molar-refractivity contribution in [1.82, 2.24) is 0 Å². The van der Waals surface area contributed by atoms with Crippen molar-refractivity contribution in [3.05, 3.63) is 36.5 Å². The van der Waals surface area contributed by atoms with E-state index in [1.165, 1.54) is 231 Å². The van der Waals surface area contributed by atoms with E-state index in [-0.39, 0.29) is 31.1 Å². The van der Waals surface area contributed by atoms with E-state index in [0.717, 1.165) is 83.5 Å². The van der Waals surface area contributed by atoms with Crippen molar-refractivity contribution in [2.75, 3.05) is 13.2 Å². The Hall–Kier alpha value is -2.37. The lowest BCUT2D eigenvalue weighted by atomic mass is 10.0. The van der Waals surface area contributed by atoms with Gasteiger partial charge in [0.05, 0.1) is 0 Å². The van der Waals surface area contributed by atoms with Crippen LogP contribution in [0.15, 0.2) is 36.5 Å². The Balaban J connectivity index is 4.30. The number of hydrogen-bond donors (Lipinski definition) is 0. The van der Waals surface area contributed by atoms with Crippen LogP contribution in [0.25, 0.3) is 0 Å². The lowest BCUT2D eigenvalue weighted by molar-refractivity contribution is -0.167. The number of allylic oxidation sites excluding steroid dienone is 6. The van der Waals surface area contributed by atoms with Crippen LogP contribution in [0.1, 0.15) is 355 Å². The van der Waals surface area contributed by atoms with Gasteiger partial charge < -0.3 is 14.2 Å². The van der Waals surface area contributed by atoms with E-state index < -0.39 is 6.10 Å². The van der Waals surface area contributed by atoms with Gasteiger partial charge in [-0.15, -0.1) is 0 Å². The van der Waals surface area contributed by atoms with Crippen molar-refractivity contribution in [2.45, 2.75) is 361 Å². The molecule has 6 heteroatoms. The summed E-state index contributed by atoms with van der Waals surface area (Å²) in [5.41, 5.74) is 0. The van der Waals surface area contributed by atoms with Crippen LogP contribution in [0.3, 0.4) is 0 Å². The molecule has 0 aromatic heterocycles. The molecule has 0 saturated carbocycles. The van der Waals surface area contributed by atoms with Crippen molar-refractivity contribution in [1.29, 1.82) is 0 Å². The van der Waals surface area contributed by atoms with E-state index in [1.807, 2.05) is 0 Å². The Labute approximate surface area is 455 Å².